The maximum absolute atomic E-state index is 11.6. The predicted molar refractivity (Wildman–Crippen MR) is 67.2 cm³/mol. The van der Waals surface area contributed by atoms with Crippen LogP contribution in [0.4, 0.5) is 0 Å². The third kappa shape index (κ3) is 2.23. The van der Waals surface area contributed by atoms with Crippen molar-refractivity contribution in [2.45, 2.75) is 37.6 Å². The van der Waals surface area contributed by atoms with Gasteiger partial charge in [0.25, 0.3) is 0 Å². The number of hydrogen-bond donors (Lipinski definition) is 2. The molecule has 1 aliphatic carbocycles. The number of carbonyl (C=O) groups excluding carboxylic acids is 1. The largest absolute Gasteiger partial charge is 0.481 e. The summed E-state index contributed by atoms with van der Waals surface area (Å²) < 4.78 is 0. The average molecular weight is 247 g/mol. The van der Waals surface area contributed by atoms with Gasteiger partial charge in [-0.25, -0.2) is 0 Å². The summed E-state index contributed by atoms with van der Waals surface area (Å²) in [5.41, 5.74) is -0.0284. The van der Waals surface area contributed by atoms with Crippen molar-refractivity contribution in [2.24, 2.45) is 0 Å². The van der Waals surface area contributed by atoms with Crippen molar-refractivity contribution in [1.29, 1.82) is 0 Å². The number of hydrogen-bond acceptors (Lipinski definition) is 2. The third-order valence-electron chi connectivity index (χ3n) is 3.66. The SMILES string of the molecule is CC(=O)N[C@H]1CC[C@@](C(=O)O)(c2ccccc2)C1. The van der Waals surface area contributed by atoms with E-state index in [0.717, 1.165) is 5.56 Å². The first-order chi connectivity index (χ1) is 8.54. The second kappa shape index (κ2) is 4.80. The van der Waals surface area contributed by atoms with Gasteiger partial charge in [0.2, 0.25) is 5.91 Å². The van der Waals surface area contributed by atoms with E-state index in [1.807, 2.05) is 30.3 Å². The van der Waals surface area contributed by atoms with E-state index in [9.17, 15) is 14.7 Å². The highest BCUT2D eigenvalue weighted by molar-refractivity contribution is 5.82. The van der Waals surface area contributed by atoms with Crippen LogP contribution < -0.4 is 5.32 Å². The first kappa shape index (κ1) is 12.6. The first-order valence-electron chi connectivity index (χ1n) is 6.10. The van der Waals surface area contributed by atoms with Crippen molar-refractivity contribution in [3.63, 3.8) is 0 Å². The summed E-state index contributed by atoms with van der Waals surface area (Å²) in [5.74, 6) is -0.907. The van der Waals surface area contributed by atoms with E-state index in [1.54, 1.807) is 0 Å². The summed E-state index contributed by atoms with van der Waals surface area (Å²) in [5, 5.41) is 12.4. The zero-order valence-electron chi connectivity index (χ0n) is 10.3. The molecule has 0 bridgehead atoms. The monoisotopic (exact) mass is 247 g/mol. The Bertz CT molecular complexity index is 457. The van der Waals surface area contributed by atoms with Crippen molar-refractivity contribution < 1.29 is 14.7 Å². The Morgan fingerprint density at radius 3 is 2.56 bits per heavy atom. The molecule has 1 aliphatic rings. The minimum Gasteiger partial charge on any atom is -0.481 e. The molecule has 0 aliphatic heterocycles. The minimum absolute atomic E-state index is 0.0428. The average Bonchev–Trinajstić information content (AvgIpc) is 2.74. The summed E-state index contributed by atoms with van der Waals surface area (Å²) in [6.45, 7) is 1.46. The van der Waals surface area contributed by atoms with Crippen molar-refractivity contribution >= 4 is 11.9 Å². The fraction of sp³-hybridized carbons (Fsp3) is 0.429. The number of benzene rings is 1. The highest BCUT2D eigenvalue weighted by atomic mass is 16.4. The Hall–Kier alpha value is -1.84. The lowest BCUT2D eigenvalue weighted by Crippen LogP contribution is -2.37. The highest BCUT2D eigenvalue weighted by Gasteiger charge is 2.46. The molecule has 2 rings (SSSR count). The molecule has 4 heteroatoms. The van der Waals surface area contributed by atoms with Crippen LogP contribution in [0.25, 0.3) is 0 Å². The molecule has 1 aromatic carbocycles. The Morgan fingerprint density at radius 2 is 2.00 bits per heavy atom. The number of amides is 1. The number of aliphatic carboxylic acids is 1. The van der Waals surface area contributed by atoms with Crippen LogP contribution in [-0.4, -0.2) is 23.0 Å². The number of carbonyl (C=O) groups is 2. The summed E-state index contributed by atoms with van der Waals surface area (Å²) in [6.07, 6.45) is 1.74. The lowest BCUT2D eigenvalue weighted by molar-refractivity contribution is -0.143. The second-order valence-electron chi connectivity index (χ2n) is 4.89. The van der Waals surface area contributed by atoms with Gasteiger partial charge in [-0.1, -0.05) is 30.3 Å². The molecule has 1 fully saturated rings. The van der Waals surface area contributed by atoms with Crippen LogP contribution in [-0.2, 0) is 15.0 Å². The van der Waals surface area contributed by atoms with Crippen LogP contribution in [0.1, 0.15) is 31.7 Å². The molecule has 0 aromatic heterocycles. The van der Waals surface area contributed by atoms with E-state index in [-0.39, 0.29) is 11.9 Å². The summed E-state index contributed by atoms with van der Waals surface area (Å²) in [7, 11) is 0. The topological polar surface area (TPSA) is 66.4 Å². The molecule has 0 saturated heterocycles. The minimum atomic E-state index is -0.853. The number of nitrogens with one attached hydrogen (secondary N) is 1. The van der Waals surface area contributed by atoms with Crippen LogP contribution in [0, 0.1) is 0 Å². The number of carboxylic acid groups (broad SMARTS) is 1. The van der Waals surface area contributed by atoms with Gasteiger partial charge < -0.3 is 10.4 Å². The molecule has 4 nitrogen and oxygen atoms in total. The van der Waals surface area contributed by atoms with Crippen molar-refractivity contribution in [2.75, 3.05) is 0 Å². The lowest BCUT2D eigenvalue weighted by atomic mass is 9.79. The molecule has 1 aromatic rings. The van der Waals surface area contributed by atoms with Gasteiger partial charge in [0.05, 0.1) is 5.41 Å². The van der Waals surface area contributed by atoms with Gasteiger partial charge >= 0.3 is 5.97 Å². The zero-order valence-corrected chi connectivity index (χ0v) is 10.3. The smallest absolute Gasteiger partial charge is 0.314 e. The fourth-order valence-corrected chi connectivity index (χ4v) is 2.79. The quantitative estimate of drug-likeness (QED) is 0.854. The Labute approximate surface area is 106 Å². The standard InChI is InChI=1S/C14H17NO3/c1-10(16)15-12-7-8-14(9-12,13(17)18)11-5-3-2-4-6-11/h2-6,12H,7-9H2,1H3,(H,15,16)(H,17,18)/t12-,14-/m0/s1. The molecule has 96 valence electrons. The molecule has 0 spiro atoms. The molecule has 0 heterocycles. The predicted octanol–water partition coefficient (Wildman–Crippen LogP) is 1.70. The highest BCUT2D eigenvalue weighted by Crippen LogP contribution is 2.41. The molecule has 1 saturated carbocycles. The Kier molecular flexibility index (Phi) is 3.36. The van der Waals surface area contributed by atoms with Crippen LogP contribution in [0.2, 0.25) is 0 Å². The van der Waals surface area contributed by atoms with Crippen LogP contribution >= 0.6 is 0 Å². The van der Waals surface area contributed by atoms with E-state index < -0.39 is 11.4 Å². The molecular formula is C14H17NO3. The van der Waals surface area contributed by atoms with Gasteiger partial charge in [-0.15, -0.1) is 0 Å². The molecular weight excluding hydrogens is 230 g/mol. The van der Waals surface area contributed by atoms with Gasteiger partial charge in [-0.2, -0.15) is 0 Å². The van der Waals surface area contributed by atoms with E-state index in [4.69, 9.17) is 0 Å². The number of rotatable bonds is 3. The fourth-order valence-electron chi connectivity index (χ4n) is 2.79. The van der Waals surface area contributed by atoms with Crippen molar-refractivity contribution in [1.82, 2.24) is 5.32 Å². The van der Waals surface area contributed by atoms with E-state index in [0.29, 0.717) is 19.3 Å². The second-order valence-corrected chi connectivity index (χ2v) is 4.89. The summed E-state index contributed by atoms with van der Waals surface area (Å²) in [6, 6.07) is 9.24. The van der Waals surface area contributed by atoms with Crippen molar-refractivity contribution in [3.05, 3.63) is 35.9 Å². The number of carboxylic acids is 1. The summed E-state index contributed by atoms with van der Waals surface area (Å²) >= 11 is 0. The Morgan fingerprint density at radius 1 is 1.33 bits per heavy atom. The van der Waals surface area contributed by atoms with E-state index >= 15 is 0 Å². The molecule has 2 atom stereocenters. The summed E-state index contributed by atoms with van der Waals surface area (Å²) in [4.78, 5) is 22.7. The molecule has 0 radical (unpaired) electrons. The Balaban J connectivity index is 2.26. The zero-order chi connectivity index (χ0) is 13.2. The molecule has 0 unspecified atom stereocenters. The van der Waals surface area contributed by atoms with Crippen LogP contribution in [0.5, 0.6) is 0 Å². The van der Waals surface area contributed by atoms with Gasteiger partial charge in [-0.3, -0.25) is 9.59 Å². The molecule has 18 heavy (non-hydrogen) atoms. The maximum Gasteiger partial charge on any atom is 0.314 e. The van der Waals surface area contributed by atoms with Crippen LogP contribution in [0.15, 0.2) is 30.3 Å². The van der Waals surface area contributed by atoms with Gasteiger partial charge in [-0.05, 0) is 24.8 Å². The maximum atomic E-state index is 11.6. The van der Waals surface area contributed by atoms with E-state index in [1.165, 1.54) is 6.92 Å². The van der Waals surface area contributed by atoms with Gasteiger partial charge in [0, 0.05) is 13.0 Å². The molecule has 2 N–H and O–H groups in total. The van der Waals surface area contributed by atoms with Crippen molar-refractivity contribution in [3.8, 4) is 0 Å². The van der Waals surface area contributed by atoms with E-state index in [2.05, 4.69) is 5.32 Å². The third-order valence-corrected chi connectivity index (χ3v) is 3.66. The normalized spacial score (nSPS) is 26.8. The lowest BCUT2D eigenvalue weighted by Gasteiger charge is -2.25. The first-order valence-corrected chi connectivity index (χ1v) is 6.10. The molecule has 1 amide bonds. The van der Waals surface area contributed by atoms with Gasteiger partial charge in [0.1, 0.15) is 0 Å². The van der Waals surface area contributed by atoms with Crippen LogP contribution in [0.3, 0.4) is 0 Å². The van der Waals surface area contributed by atoms with Gasteiger partial charge in [0.15, 0.2) is 0 Å².